The van der Waals surface area contributed by atoms with Crippen molar-refractivity contribution in [2.45, 2.75) is 56.4 Å². The summed E-state index contributed by atoms with van der Waals surface area (Å²) in [6.45, 7) is -0.133. The molecule has 2 aliphatic carbocycles. The van der Waals surface area contributed by atoms with Gasteiger partial charge in [-0.15, -0.1) is 0 Å². The fraction of sp³-hybridized carbons (Fsp3) is 0.524. The Morgan fingerprint density at radius 3 is 2.39 bits per heavy atom. The van der Waals surface area contributed by atoms with Gasteiger partial charge in [0.15, 0.2) is 5.82 Å². The van der Waals surface area contributed by atoms with E-state index in [1.807, 2.05) is 0 Å². The molecule has 2 aromatic rings. The number of carbonyl (C=O) groups is 1. The average molecular weight is 443 g/mol. The van der Waals surface area contributed by atoms with Gasteiger partial charge in [0.2, 0.25) is 5.91 Å². The molecule has 10 heteroatoms. The van der Waals surface area contributed by atoms with Crippen molar-refractivity contribution in [2.75, 3.05) is 11.9 Å². The highest BCUT2D eigenvalue weighted by Gasteiger charge is 2.71. The molecule has 168 valence electrons. The zero-order valence-corrected chi connectivity index (χ0v) is 16.6. The summed E-state index contributed by atoms with van der Waals surface area (Å²) in [5.41, 5.74) is 1.93. The summed E-state index contributed by atoms with van der Waals surface area (Å²) in [6.07, 6.45) is 0.840. The normalized spacial score (nSPS) is 21.9. The molecule has 1 aromatic heterocycles. The Morgan fingerprint density at radius 1 is 1.19 bits per heavy atom. The summed E-state index contributed by atoms with van der Waals surface area (Å²) in [5.74, 6) is -11.1. The highest BCUT2D eigenvalue weighted by atomic mass is 19.3. The minimum absolute atomic E-state index is 0.0530. The SMILES string of the molecule is O=C(CC1CC(F)(F)C1(F)F)Nc1nn(CCO)c(-c2ccc(F)cc2)c1C1CCC1. The summed E-state index contributed by atoms with van der Waals surface area (Å²) >= 11 is 0. The van der Waals surface area contributed by atoms with E-state index in [9.17, 15) is 31.9 Å². The van der Waals surface area contributed by atoms with Gasteiger partial charge in [0, 0.05) is 29.9 Å². The van der Waals surface area contributed by atoms with Crippen molar-refractivity contribution < 1.29 is 31.9 Å². The lowest BCUT2D eigenvalue weighted by atomic mass is 9.74. The Bertz CT molecular complexity index is 970. The van der Waals surface area contributed by atoms with Crippen molar-refractivity contribution in [3.8, 4) is 11.3 Å². The Morgan fingerprint density at radius 2 is 1.87 bits per heavy atom. The second-order valence-electron chi connectivity index (χ2n) is 8.17. The smallest absolute Gasteiger partial charge is 0.313 e. The number of nitrogens with one attached hydrogen (secondary N) is 1. The standard InChI is InChI=1S/C21H22F5N3O2/c22-15-6-4-13(5-7-15)18-17(12-2-1-3-12)19(28-29(18)8-9-30)27-16(31)10-14-11-20(23,24)21(14,25)26/h4-7,12,14,30H,1-3,8-11H2,(H,27,28,31). The number of anilines is 1. The molecular formula is C21H22F5N3O2. The van der Waals surface area contributed by atoms with E-state index in [0.29, 0.717) is 16.8 Å². The first-order valence-electron chi connectivity index (χ1n) is 10.2. The van der Waals surface area contributed by atoms with Crippen molar-refractivity contribution in [1.29, 1.82) is 0 Å². The topological polar surface area (TPSA) is 67.2 Å². The third-order valence-electron chi connectivity index (χ3n) is 6.12. The molecule has 4 rings (SSSR count). The molecule has 1 amide bonds. The quantitative estimate of drug-likeness (QED) is 0.617. The Hall–Kier alpha value is -2.49. The molecule has 31 heavy (non-hydrogen) atoms. The van der Waals surface area contributed by atoms with Gasteiger partial charge < -0.3 is 10.4 Å². The number of halogens is 5. The van der Waals surface area contributed by atoms with Crippen LogP contribution in [0.25, 0.3) is 11.3 Å². The zero-order valence-electron chi connectivity index (χ0n) is 16.6. The monoisotopic (exact) mass is 443 g/mol. The zero-order chi connectivity index (χ0) is 22.4. The Kier molecular flexibility index (Phi) is 5.53. The van der Waals surface area contributed by atoms with Gasteiger partial charge in [0.05, 0.1) is 18.8 Å². The number of hydrogen-bond acceptors (Lipinski definition) is 3. The van der Waals surface area contributed by atoms with E-state index in [0.717, 1.165) is 19.3 Å². The fourth-order valence-electron chi connectivity index (χ4n) is 4.17. The van der Waals surface area contributed by atoms with Gasteiger partial charge in [0.1, 0.15) is 5.82 Å². The lowest BCUT2D eigenvalue weighted by molar-refractivity contribution is -0.313. The molecule has 0 bridgehead atoms. The van der Waals surface area contributed by atoms with Gasteiger partial charge in [-0.05, 0) is 43.0 Å². The summed E-state index contributed by atoms with van der Waals surface area (Å²) in [5, 5.41) is 16.3. The Labute approximate surface area is 175 Å². The molecular weight excluding hydrogens is 421 g/mol. The molecule has 0 radical (unpaired) electrons. The number of carbonyl (C=O) groups excluding carboxylic acids is 1. The van der Waals surface area contributed by atoms with E-state index in [4.69, 9.17) is 0 Å². The first kappa shape index (κ1) is 21.7. The van der Waals surface area contributed by atoms with Crippen LogP contribution in [0.5, 0.6) is 0 Å². The van der Waals surface area contributed by atoms with Crippen molar-refractivity contribution >= 4 is 11.7 Å². The van der Waals surface area contributed by atoms with Crippen molar-refractivity contribution in [2.24, 2.45) is 5.92 Å². The largest absolute Gasteiger partial charge is 0.394 e. The molecule has 2 aliphatic rings. The van der Waals surface area contributed by atoms with Gasteiger partial charge in [-0.25, -0.2) is 4.39 Å². The van der Waals surface area contributed by atoms with E-state index >= 15 is 0 Å². The molecule has 2 fully saturated rings. The third kappa shape index (κ3) is 3.81. The van der Waals surface area contributed by atoms with Crippen LogP contribution in [0.4, 0.5) is 27.8 Å². The average Bonchev–Trinajstić information content (AvgIpc) is 2.98. The van der Waals surface area contributed by atoms with Crippen LogP contribution in [0.2, 0.25) is 0 Å². The van der Waals surface area contributed by atoms with Crippen LogP contribution in [0.1, 0.15) is 43.6 Å². The van der Waals surface area contributed by atoms with E-state index < -0.39 is 42.3 Å². The highest BCUT2D eigenvalue weighted by molar-refractivity contribution is 5.92. The fourth-order valence-corrected chi connectivity index (χ4v) is 4.17. The van der Waals surface area contributed by atoms with Gasteiger partial charge in [0.25, 0.3) is 0 Å². The van der Waals surface area contributed by atoms with E-state index in [2.05, 4.69) is 10.4 Å². The maximum Gasteiger partial charge on any atom is 0.313 e. The van der Waals surface area contributed by atoms with Crippen LogP contribution in [0.15, 0.2) is 24.3 Å². The van der Waals surface area contributed by atoms with E-state index in [1.54, 1.807) is 12.1 Å². The number of rotatable bonds is 7. The molecule has 1 atom stereocenters. The number of aliphatic hydroxyl groups is 1. The number of hydrogen-bond donors (Lipinski definition) is 2. The first-order valence-corrected chi connectivity index (χ1v) is 10.2. The molecule has 1 unspecified atom stereocenters. The summed E-state index contributed by atoms with van der Waals surface area (Å²) in [7, 11) is 0. The molecule has 0 aliphatic heterocycles. The van der Waals surface area contributed by atoms with Crippen LogP contribution >= 0.6 is 0 Å². The molecule has 2 N–H and O–H groups in total. The molecule has 0 saturated heterocycles. The van der Waals surface area contributed by atoms with Crippen LogP contribution < -0.4 is 5.32 Å². The number of alkyl halides is 4. The molecule has 5 nitrogen and oxygen atoms in total. The number of aromatic nitrogens is 2. The maximum atomic E-state index is 13.6. The lowest BCUT2D eigenvalue weighted by Crippen LogP contribution is -2.59. The molecule has 2 saturated carbocycles. The van der Waals surface area contributed by atoms with E-state index in [-0.39, 0.29) is 24.9 Å². The Balaban J connectivity index is 1.63. The highest BCUT2D eigenvalue weighted by Crippen LogP contribution is 2.56. The van der Waals surface area contributed by atoms with E-state index in [1.165, 1.54) is 16.8 Å². The lowest BCUT2D eigenvalue weighted by Gasteiger charge is -2.43. The van der Waals surface area contributed by atoms with Crippen molar-refractivity contribution in [3.05, 3.63) is 35.6 Å². The minimum Gasteiger partial charge on any atom is -0.394 e. The van der Waals surface area contributed by atoms with Crippen LogP contribution in [-0.2, 0) is 11.3 Å². The van der Waals surface area contributed by atoms with Crippen molar-refractivity contribution in [1.82, 2.24) is 9.78 Å². The first-order chi connectivity index (χ1) is 14.6. The summed E-state index contributed by atoms with van der Waals surface area (Å²) in [4.78, 5) is 12.4. The van der Waals surface area contributed by atoms with Gasteiger partial charge in [-0.1, -0.05) is 6.42 Å². The number of amides is 1. The van der Waals surface area contributed by atoms with Gasteiger partial charge in [-0.2, -0.15) is 22.7 Å². The molecule has 0 spiro atoms. The minimum atomic E-state index is -4.21. The van der Waals surface area contributed by atoms with Crippen LogP contribution in [0, 0.1) is 11.7 Å². The number of benzene rings is 1. The van der Waals surface area contributed by atoms with Crippen LogP contribution in [0.3, 0.4) is 0 Å². The third-order valence-corrected chi connectivity index (χ3v) is 6.12. The van der Waals surface area contributed by atoms with Crippen LogP contribution in [-0.4, -0.2) is 39.2 Å². The predicted octanol–water partition coefficient (Wildman–Crippen LogP) is 4.57. The maximum absolute atomic E-state index is 13.6. The summed E-state index contributed by atoms with van der Waals surface area (Å²) in [6, 6.07) is 5.69. The number of nitrogens with zero attached hydrogens (tertiary/aromatic N) is 2. The van der Waals surface area contributed by atoms with Gasteiger partial charge in [-0.3, -0.25) is 9.48 Å². The number of aliphatic hydroxyl groups excluding tert-OH is 1. The van der Waals surface area contributed by atoms with Crippen molar-refractivity contribution in [3.63, 3.8) is 0 Å². The second kappa shape index (κ2) is 7.89. The van der Waals surface area contributed by atoms with Gasteiger partial charge >= 0.3 is 11.8 Å². The summed E-state index contributed by atoms with van der Waals surface area (Å²) < 4.78 is 68.2. The molecule has 1 aromatic carbocycles. The second-order valence-corrected chi connectivity index (χ2v) is 8.17. The predicted molar refractivity (Wildman–Crippen MR) is 103 cm³/mol. The molecule has 1 heterocycles.